The fraction of sp³-hybridized carbons (Fsp3) is 0.286. The van der Waals surface area contributed by atoms with Gasteiger partial charge in [-0.2, -0.15) is 14.0 Å². The largest absolute Gasteiger partial charge is 0.456 e. The Kier molecular flexibility index (Phi) is 8.69. The van der Waals surface area contributed by atoms with Crippen molar-refractivity contribution in [3.05, 3.63) is 86.8 Å². The highest BCUT2D eigenvalue weighted by atomic mass is 35.5. The molecule has 0 fully saturated rings. The van der Waals surface area contributed by atoms with Crippen LogP contribution < -0.4 is 10.3 Å². The molecule has 0 spiro atoms. The molecule has 0 aliphatic heterocycles. The van der Waals surface area contributed by atoms with Gasteiger partial charge in [0, 0.05) is 28.6 Å². The lowest BCUT2D eigenvalue weighted by Crippen LogP contribution is -2.29. The fourth-order valence-corrected chi connectivity index (χ4v) is 3.84. The molecule has 0 amide bonds. The predicted molar refractivity (Wildman–Crippen MR) is 138 cm³/mol. The molecule has 7 nitrogen and oxygen atoms in total. The molecule has 1 atom stereocenters. The Hall–Kier alpha value is -4.03. The van der Waals surface area contributed by atoms with Crippen molar-refractivity contribution >= 4 is 23.4 Å². The number of aromatic nitrogens is 1. The zero-order chi connectivity index (χ0) is 28.2. The van der Waals surface area contributed by atoms with Gasteiger partial charge < -0.3 is 14.0 Å². The van der Waals surface area contributed by atoms with E-state index in [2.05, 4.69) is 4.74 Å². The topological polar surface area (TPSA) is 98.4 Å². The maximum absolute atomic E-state index is 13.2. The summed E-state index contributed by atoms with van der Waals surface area (Å²) in [6.45, 7) is 3.50. The summed E-state index contributed by atoms with van der Waals surface area (Å²) in [7, 11) is 0. The average Bonchev–Trinajstić information content (AvgIpc) is 2.83. The first-order valence-electron chi connectivity index (χ1n) is 11.5. The zero-order valence-corrected chi connectivity index (χ0v) is 21.9. The van der Waals surface area contributed by atoms with Gasteiger partial charge in [0.2, 0.25) is 0 Å². The molecular formula is C28H25ClF2N2O5. The average molecular weight is 543 g/mol. The highest BCUT2D eigenvalue weighted by molar-refractivity contribution is 6.31. The molecule has 0 aliphatic rings. The minimum Gasteiger partial charge on any atom is -0.456 e. The number of ether oxygens (including phenoxy) is 2. The summed E-state index contributed by atoms with van der Waals surface area (Å²) < 4.78 is 37.4. The van der Waals surface area contributed by atoms with Gasteiger partial charge in [-0.05, 0) is 63.6 Å². The molecule has 198 valence electrons. The highest BCUT2D eigenvalue weighted by Gasteiger charge is 2.23. The molecule has 1 heterocycles. The molecule has 0 N–H and O–H groups in total. The SMILES string of the molecule is CC(C(=O)Cc1ccc(C(=O)OC(C)(C)C)cc1)n1cc(OC(F)F)c(-c2cc(Cl)ccc2C#N)cc1=O. The molecular weight excluding hydrogens is 518 g/mol. The molecule has 1 unspecified atom stereocenters. The fourth-order valence-electron chi connectivity index (χ4n) is 3.67. The van der Waals surface area contributed by atoms with Gasteiger partial charge in [-0.3, -0.25) is 9.59 Å². The van der Waals surface area contributed by atoms with Crippen molar-refractivity contribution in [2.75, 3.05) is 0 Å². The number of nitrogens with zero attached hydrogens (tertiary/aromatic N) is 2. The van der Waals surface area contributed by atoms with Crippen molar-refractivity contribution in [3.63, 3.8) is 0 Å². The number of pyridine rings is 1. The minimum atomic E-state index is -3.22. The van der Waals surface area contributed by atoms with E-state index in [9.17, 15) is 28.4 Å². The second kappa shape index (κ2) is 11.6. The van der Waals surface area contributed by atoms with E-state index in [-0.39, 0.29) is 39.7 Å². The van der Waals surface area contributed by atoms with E-state index < -0.39 is 29.8 Å². The van der Waals surface area contributed by atoms with Crippen molar-refractivity contribution < 1.29 is 27.8 Å². The van der Waals surface area contributed by atoms with Crippen LogP contribution in [0.5, 0.6) is 5.75 Å². The van der Waals surface area contributed by atoms with Gasteiger partial charge >= 0.3 is 12.6 Å². The Morgan fingerprint density at radius 3 is 2.32 bits per heavy atom. The number of carbonyl (C=O) groups excluding carboxylic acids is 2. The minimum absolute atomic E-state index is 0.0528. The van der Waals surface area contributed by atoms with Crippen molar-refractivity contribution in [3.8, 4) is 22.9 Å². The number of rotatable bonds is 8. The van der Waals surface area contributed by atoms with Crippen molar-refractivity contribution in [2.24, 2.45) is 0 Å². The first kappa shape index (κ1) is 28.5. The van der Waals surface area contributed by atoms with Crippen LogP contribution in [0.1, 0.15) is 55.2 Å². The van der Waals surface area contributed by atoms with Gasteiger partial charge in [-0.25, -0.2) is 4.79 Å². The van der Waals surface area contributed by atoms with E-state index >= 15 is 0 Å². The molecule has 2 aromatic carbocycles. The van der Waals surface area contributed by atoms with Gasteiger partial charge in [-0.1, -0.05) is 23.7 Å². The monoisotopic (exact) mass is 542 g/mol. The van der Waals surface area contributed by atoms with E-state index in [0.717, 1.165) is 16.8 Å². The zero-order valence-electron chi connectivity index (χ0n) is 21.1. The third-order valence-electron chi connectivity index (χ3n) is 5.50. The number of esters is 1. The van der Waals surface area contributed by atoms with E-state index in [1.165, 1.54) is 37.3 Å². The van der Waals surface area contributed by atoms with Crippen LogP contribution in [-0.4, -0.2) is 28.5 Å². The number of nitriles is 1. The summed E-state index contributed by atoms with van der Waals surface area (Å²) >= 11 is 6.03. The highest BCUT2D eigenvalue weighted by Crippen LogP contribution is 2.34. The normalized spacial score (nSPS) is 12.1. The number of alkyl halides is 2. The molecule has 0 bridgehead atoms. The summed E-state index contributed by atoms with van der Waals surface area (Å²) in [6, 6.07) is 12.4. The summed E-state index contributed by atoms with van der Waals surface area (Å²) in [6.07, 6.45) is 0.946. The Morgan fingerprint density at radius 2 is 1.74 bits per heavy atom. The molecule has 0 radical (unpaired) electrons. The second-order valence-corrected chi connectivity index (χ2v) is 9.93. The van der Waals surface area contributed by atoms with Crippen LogP contribution in [0.4, 0.5) is 8.78 Å². The van der Waals surface area contributed by atoms with E-state index in [1.54, 1.807) is 32.9 Å². The molecule has 0 aliphatic carbocycles. The number of ketones is 1. The van der Waals surface area contributed by atoms with Gasteiger partial charge in [0.25, 0.3) is 5.56 Å². The lowest BCUT2D eigenvalue weighted by molar-refractivity contribution is -0.121. The van der Waals surface area contributed by atoms with Crippen LogP contribution >= 0.6 is 11.6 Å². The van der Waals surface area contributed by atoms with Crippen LogP contribution in [0.25, 0.3) is 11.1 Å². The summed E-state index contributed by atoms with van der Waals surface area (Å²) in [4.78, 5) is 38.2. The molecule has 3 rings (SSSR count). The Morgan fingerprint density at radius 1 is 1.08 bits per heavy atom. The molecule has 10 heteroatoms. The van der Waals surface area contributed by atoms with E-state index in [1.807, 2.05) is 6.07 Å². The Bertz CT molecular complexity index is 1450. The van der Waals surface area contributed by atoms with Crippen LogP contribution in [0.3, 0.4) is 0 Å². The molecule has 3 aromatic rings. The third kappa shape index (κ3) is 7.05. The molecule has 0 saturated carbocycles. The Labute approximate surface area is 223 Å². The van der Waals surface area contributed by atoms with Crippen molar-refractivity contribution in [1.82, 2.24) is 4.57 Å². The van der Waals surface area contributed by atoms with Crippen LogP contribution in [0.15, 0.2) is 59.5 Å². The van der Waals surface area contributed by atoms with Crippen LogP contribution in [-0.2, 0) is 16.0 Å². The van der Waals surface area contributed by atoms with Gasteiger partial charge in [-0.15, -0.1) is 0 Å². The van der Waals surface area contributed by atoms with Gasteiger partial charge in [0.15, 0.2) is 5.78 Å². The molecule has 1 aromatic heterocycles. The summed E-state index contributed by atoms with van der Waals surface area (Å²) in [5.74, 6) is -1.27. The number of benzene rings is 2. The molecule has 38 heavy (non-hydrogen) atoms. The van der Waals surface area contributed by atoms with Crippen LogP contribution in [0.2, 0.25) is 5.02 Å². The van der Waals surface area contributed by atoms with Crippen molar-refractivity contribution in [1.29, 1.82) is 5.26 Å². The number of halogens is 3. The number of carbonyl (C=O) groups is 2. The van der Waals surface area contributed by atoms with Crippen LogP contribution in [0, 0.1) is 11.3 Å². The quantitative estimate of drug-likeness (QED) is 0.325. The summed E-state index contributed by atoms with van der Waals surface area (Å²) in [5, 5.41) is 9.66. The van der Waals surface area contributed by atoms with Crippen molar-refractivity contribution in [2.45, 2.75) is 52.4 Å². The number of Topliss-reactive ketones (excluding diaryl/α,β-unsaturated/α-hetero) is 1. The maximum atomic E-state index is 13.2. The van der Waals surface area contributed by atoms with E-state index in [4.69, 9.17) is 16.3 Å². The predicted octanol–water partition coefficient (Wildman–Crippen LogP) is 5.97. The van der Waals surface area contributed by atoms with Gasteiger partial charge in [0.1, 0.15) is 11.4 Å². The maximum Gasteiger partial charge on any atom is 0.387 e. The van der Waals surface area contributed by atoms with E-state index in [0.29, 0.717) is 11.1 Å². The first-order valence-corrected chi connectivity index (χ1v) is 11.9. The third-order valence-corrected chi connectivity index (χ3v) is 5.74. The number of hydrogen-bond acceptors (Lipinski definition) is 6. The molecule has 0 saturated heterocycles. The van der Waals surface area contributed by atoms with Gasteiger partial charge in [0.05, 0.1) is 29.4 Å². The summed E-state index contributed by atoms with van der Waals surface area (Å²) in [5.41, 5.74) is -0.217. The first-order chi connectivity index (χ1) is 17.8. The lowest BCUT2D eigenvalue weighted by Gasteiger charge is -2.19. The smallest absolute Gasteiger partial charge is 0.387 e. The Balaban J connectivity index is 1.90. The second-order valence-electron chi connectivity index (χ2n) is 9.49. The standard InChI is InChI=1S/C28H25ClF2N2O5/c1-16(23(34)11-17-5-7-18(8-6-17)26(36)38-28(2,3)4)33-15-24(37-27(30)31)22(13-25(33)35)21-12-20(29)10-9-19(21)14-32/h5-10,12-13,15-16,27H,11H2,1-4H3. The lowest BCUT2D eigenvalue weighted by atomic mass is 9.99. The number of hydrogen-bond donors (Lipinski definition) is 0.